The van der Waals surface area contributed by atoms with E-state index in [-0.39, 0.29) is 12.2 Å². The van der Waals surface area contributed by atoms with Crippen LogP contribution >= 0.6 is 0 Å². The average molecular weight is 129 g/mol. The second-order valence-electron chi connectivity index (χ2n) is 2.71. The van der Waals surface area contributed by atoms with E-state index in [0.717, 1.165) is 24.3 Å². The van der Waals surface area contributed by atoms with E-state index in [2.05, 4.69) is 0 Å². The van der Waals surface area contributed by atoms with Crippen LogP contribution in [0.5, 0.6) is 0 Å². The van der Waals surface area contributed by atoms with Gasteiger partial charge in [-0.05, 0) is 25.3 Å². The number of rotatable bonds is 0. The second kappa shape index (κ2) is 2.64. The third-order valence-corrected chi connectivity index (χ3v) is 1.88. The zero-order valence-electron chi connectivity index (χ0n) is 5.71. The van der Waals surface area contributed by atoms with Crippen LogP contribution in [0.4, 0.5) is 0 Å². The standard InChI is InChI=1S/C6H13N2O/c1-5-3-2-4-6(7)8(5)9/h5-6H,2-4,7H2,1H3/q-1. The van der Waals surface area contributed by atoms with Gasteiger partial charge < -0.3 is 16.0 Å². The summed E-state index contributed by atoms with van der Waals surface area (Å²) in [5.74, 6) is 0. The molecule has 1 rings (SSSR count). The Balaban J connectivity index is 2.41. The Labute approximate surface area is 55.4 Å². The molecule has 0 bridgehead atoms. The van der Waals surface area contributed by atoms with Crippen molar-refractivity contribution in [2.75, 3.05) is 0 Å². The Hall–Kier alpha value is -0.120. The van der Waals surface area contributed by atoms with Gasteiger partial charge in [-0.3, -0.25) is 0 Å². The normalized spacial score (nSPS) is 39.0. The van der Waals surface area contributed by atoms with Crippen molar-refractivity contribution in [2.24, 2.45) is 5.73 Å². The summed E-state index contributed by atoms with van der Waals surface area (Å²) >= 11 is 0. The minimum absolute atomic E-state index is 0.133. The molecule has 0 aromatic rings. The summed E-state index contributed by atoms with van der Waals surface area (Å²) < 4.78 is 0. The molecule has 2 atom stereocenters. The topological polar surface area (TPSA) is 52.3 Å². The Morgan fingerprint density at radius 1 is 1.56 bits per heavy atom. The minimum Gasteiger partial charge on any atom is -0.784 e. The predicted molar refractivity (Wildman–Crippen MR) is 36.5 cm³/mol. The third kappa shape index (κ3) is 1.41. The van der Waals surface area contributed by atoms with Gasteiger partial charge in [-0.2, -0.15) is 0 Å². The molecule has 0 aliphatic carbocycles. The maximum atomic E-state index is 10.9. The maximum Gasteiger partial charge on any atom is 0.0458 e. The molecule has 3 nitrogen and oxygen atoms in total. The number of piperidine rings is 1. The van der Waals surface area contributed by atoms with Crippen LogP contribution in [0.1, 0.15) is 26.2 Å². The van der Waals surface area contributed by atoms with Gasteiger partial charge in [-0.25, -0.2) is 0 Å². The molecule has 0 amide bonds. The lowest BCUT2D eigenvalue weighted by atomic mass is 10.0. The summed E-state index contributed by atoms with van der Waals surface area (Å²) in [6.45, 7) is 1.92. The van der Waals surface area contributed by atoms with Gasteiger partial charge in [0.25, 0.3) is 0 Å². The monoisotopic (exact) mass is 129 g/mol. The highest BCUT2D eigenvalue weighted by atomic mass is 16.5. The Bertz CT molecular complexity index is 87.1. The number of nitrogens with zero attached hydrogens (tertiary/aromatic N) is 1. The molecule has 0 spiro atoms. The predicted octanol–water partition coefficient (Wildman–Crippen LogP) is 0.643. The molecule has 9 heavy (non-hydrogen) atoms. The molecular formula is C6H13N2O-. The average Bonchev–Trinajstić information content (AvgIpc) is 1.83. The summed E-state index contributed by atoms with van der Waals surface area (Å²) in [5.41, 5.74) is 5.48. The van der Waals surface area contributed by atoms with Gasteiger partial charge in [0.05, 0.1) is 0 Å². The van der Waals surface area contributed by atoms with Crippen LogP contribution in [0.15, 0.2) is 0 Å². The smallest absolute Gasteiger partial charge is 0.0458 e. The van der Waals surface area contributed by atoms with E-state index in [4.69, 9.17) is 5.73 Å². The molecule has 2 unspecified atom stereocenters. The molecule has 0 aromatic heterocycles. The van der Waals surface area contributed by atoms with Crippen LogP contribution in [0, 0.1) is 5.21 Å². The minimum atomic E-state index is -0.242. The van der Waals surface area contributed by atoms with Crippen LogP contribution in [-0.2, 0) is 0 Å². The summed E-state index contributed by atoms with van der Waals surface area (Å²) in [7, 11) is 0. The molecule has 0 radical (unpaired) electrons. The first-order valence-corrected chi connectivity index (χ1v) is 3.43. The summed E-state index contributed by atoms with van der Waals surface area (Å²) in [6, 6.07) is 0.133. The molecule has 0 saturated carbocycles. The quantitative estimate of drug-likeness (QED) is 0.522. The van der Waals surface area contributed by atoms with E-state index in [1.54, 1.807) is 0 Å². The van der Waals surface area contributed by atoms with Crippen molar-refractivity contribution in [3.8, 4) is 0 Å². The number of hydroxylamine groups is 2. The van der Waals surface area contributed by atoms with Crippen LogP contribution < -0.4 is 5.73 Å². The molecule has 0 aromatic carbocycles. The van der Waals surface area contributed by atoms with Crippen molar-refractivity contribution in [1.82, 2.24) is 5.06 Å². The second-order valence-corrected chi connectivity index (χ2v) is 2.71. The van der Waals surface area contributed by atoms with Gasteiger partial charge in [0.15, 0.2) is 0 Å². The maximum absolute atomic E-state index is 10.9. The molecular weight excluding hydrogens is 116 g/mol. The highest BCUT2D eigenvalue weighted by molar-refractivity contribution is 4.78. The highest BCUT2D eigenvalue weighted by Gasteiger charge is 2.16. The van der Waals surface area contributed by atoms with Gasteiger partial charge in [-0.1, -0.05) is 6.92 Å². The van der Waals surface area contributed by atoms with E-state index >= 15 is 0 Å². The zero-order valence-corrected chi connectivity index (χ0v) is 5.71. The number of hydrogen-bond acceptors (Lipinski definition) is 3. The van der Waals surface area contributed by atoms with Crippen molar-refractivity contribution in [3.63, 3.8) is 0 Å². The fraction of sp³-hybridized carbons (Fsp3) is 1.00. The van der Waals surface area contributed by atoms with E-state index in [0.29, 0.717) is 0 Å². The molecule has 3 heteroatoms. The molecule has 1 saturated heterocycles. The number of nitrogens with two attached hydrogens (primary N) is 1. The zero-order chi connectivity index (χ0) is 6.85. The third-order valence-electron chi connectivity index (χ3n) is 1.88. The van der Waals surface area contributed by atoms with Crippen molar-refractivity contribution in [1.29, 1.82) is 0 Å². The lowest BCUT2D eigenvalue weighted by Gasteiger charge is -2.43. The molecule has 1 aliphatic heterocycles. The summed E-state index contributed by atoms with van der Waals surface area (Å²) in [6.07, 6.45) is 2.71. The first-order valence-electron chi connectivity index (χ1n) is 3.43. The van der Waals surface area contributed by atoms with Crippen LogP contribution in [-0.4, -0.2) is 17.3 Å². The Morgan fingerprint density at radius 3 is 2.67 bits per heavy atom. The van der Waals surface area contributed by atoms with E-state index in [1.807, 2.05) is 6.92 Å². The van der Waals surface area contributed by atoms with Crippen LogP contribution in [0.25, 0.3) is 0 Å². The Morgan fingerprint density at radius 2 is 2.22 bits per heavy atom. The van der Waals surface area contributed by atoms with Gasteiger partial charge in [-0.15, -0.1) is 0 Å². The SMILES string of the molecule is CC1CCCC(N)N1[O-]. The van der Waals surface area contributed by atoms with Gasteiger partial charge in [0.1, 0.15) is 0 Å². The fourth-order valence-corrected chi connectivity index (χ4v) is 1.20. The number of hydrogen-bond donors (Lipinski definition) is 1. The first-order chi connectivity index (χ1) is 4.22. The van der Waals surface area contributed by atoms with Crippen molar-refractivity contribution in [2.45, 2.75) is 38.4 Å². The molecule has 54 valence electrons. The van der Waals surface area contributed by atoms with E-state index < -0.39 is 0 Å². The molecule has 1 heterocycles. The largest absolute Gasteiger partial charge is 0.784 e. The van der Waals surface area contributed by atoms with Crippen molar-refractivity contribution in [3.05, 3.63) is 5.21 Å². The lowest BCUT2D eigenvalue weighted by Crippen LogP contribution is -2.46. The van der Waals surface area contributed by atoms with Gasteiger partial charge >= 0.3 is 0 Å². The van der Waals surface area contributed by atoms with Crippen molar-refractivity contribution < 1.29 is 0 Å². The lowest BCUT2D eigenvalue weighted by molar-refractivity contribution is 0.156. The van der Waals surface area contributed by atoms with Crippen molar-refractivity contribution >= 4 is 0 Å². The Kier molecular flexibility index (Phi) is 2.05. The molecule has 2 N–H and O–H groups in total. The van der Waals surface area contributed by atoms with Crippen LogP contribution in [0.3, 0.4) is 0 Å². The first kappa shape index (κ1) is 6.99. The van der Waals surface area contributed by atoms with E-state index in [1.165, 1.54) is 0 Å². The van der Waals surface area contributed by atoms with Gasteiger partial charge in [0, 0.05) is 6.17 Å². The van der Waals surface area contributed by atoms with Crippen LogP contribution in [0.2, 0.25) is 0 Å². The summed E-state index contributed by atoms with van der Waals surface area (Å²) in [4.78, 5) is 0. The summed E-state index contributed by atoms with van der Waals surface area (Å²) in [5, 5.41) is 11.9. The van der Waals surface area contributed by atoms with Gasteiger partial charge in [0.2, 0.25) is 0 Å². The highest BCUT2D eigenvalue weighted by Crippen LogP contribution is 2.17. The fourth-order valence-electron chi connectivity index (χ4n) is 1.20. The molecule has 1 fully saturated rings. The molecule has 1 aliphatic rings. The van der Waals surface area contributed by atoms with E-state index in [9.17, 15) is 5.21 Å².